The van der Waals surface area contributed by atoms with Crippen molar-refractivity contribution in [3.05, 3.63) is 35.9 Å². The van der Waals surface area contributed by atoms with Crippen molar-refractivity contribution in [3.63, 3.8) is 0 Å². The van der Waals surface area contributed by atoms with Crippen molar-refractivity contribution >= 4 is 28.5 Å². The van der Waals surface area contributed by atoms with Crippen LogP contribution < -0.4 is 0 Å². The lowest BCUT2D eigenvalue weighted by molar-refractivity contribution is -0.189. The maximum atomic E-state index is 11.4. The predicted octanol–water partition coefficient (Wildman–Crippen LogP) is 3.18. The summed E-state index contributed by atoms with van der Waals surface area (Å²) in [7, 11) is 0. The average molecular weight is 347 g/mol. The fourth-order valence-electron chi connectivity index (χ4n) is 1.39. The lowest BCUT2D eigenvalue weighted by Crippen LogP contribution is -2.29. The quantitative estimate of drug-likeness (QED) is 0.328. The summed E-state index contributed by atoms with van der Waals surface area (Å²) in [5.74, 6) is -0.0330. The number of carbonyl (C=O) groups is 1. The number of carbonyl (C=O) groups excluding carboxylic acids is 1. The molecular weight excluding hydrogens is 329 g/mol. The summed E-state index contributed by atoms with van der Waals surface area (Å²) in [4.78, 5) is 16.9. The van der Waals surface area contributed by atoms with E-state index in [4.69, 9.17) is 4.84 Å². The van der Waals surface area contributed by atoms with Crippen LogP contribution in [0.15, 0.2) is 30.3 Å². The van der Waals surface area contributed by atoms with Crippen molar-refractivity contribution in [2.75, 3.05) is 11.0 Å². The van der Waals surface area contributed by atoms with Gasteiger partial charge in [-0.15, -0.1) is 0 Å². The Balaban J connectivity index is 2.36. The van der Waals surface area contributed by atoms with Crippen LogP contribution in [0.1, 0.15) is 25.3 Å². The molecule has 17 heavy (non-hydrogen) atoms. The van der Waals surface area contributed by atoms with Crippen LogP contribution in [-0.4, -0.2) is 21.9 Å². The van der Waals surface area contributed by atoms with Gasteiger partial charge in [0.05, 0.1) is 0 Å². The van der Waals surface area contributed by atoms with Crippen molar-refractivity contribution < 1.29 is 9.63 Å². The van der Waals surface area contributed by atoms with Gasteiger partial charge < -0.3 is 0 Å². The van der Waals surface area contributed by atoms with Gasteiger partial charge in [-0.3, -0.25) is 9.63 Å². The zero-order valence-corrected chi connectivity index (χ0v) is 12.2. The van der Waals surface area contributed by atoms with Gasteiger partial charge in [-0.25, -0.2) is 5.06 Å². The van der Waals surface area contributed by atoms with Crippen LogP contribution in [0.5, 0.6) is 0 Å². The predicted molar refractivity (Wildman–Crippen MR) is 76.7 cm³/mol. The molecule has 0 N–H and O–H groups in total. The van der Waals surface area contributed by atoms with Gasteiger partial charge >= 0.3 is 0 Å². The second-order valence-electron chi connectivity index (χ2n) is 3.78. The third-order valence-electron chi connectivity index (χ3n) is 2.33. The number of unbranched alkanes of at least 4 members (excludes halogenated alkanes) is 1. The monoisotopic (exact) mass is 347 g/mol. The van der Waals surface area contributed by atoms with Gasteiger partial charge in [0.2, 0.25) is 5.91 Å². The first-order valence-electron chi connectivity index (χ1n) is 5.75. The molecule has 1 aromatic rings. The summed E-state index contributed by atoms with van der Waals surface area (Å²) in [6, 6.07) is 9.87. The van der Waals surface area contributed by atoms with E-state index in [1.165, 1.54) is 12.0 Å². The summed E-state index contributed by atoms with van der Waals surface area (Å²) in [5, 5.41) is 1.46. The minimum absolute atomic E-state index is 0.0330. The van der Waals surface area contributed by atoms with Gasteiger partial charge in [-0.05, 0) is 22.8 Å². The second kappa shape index (κ2) is 8.47. The molecule has 0 saturated carbocycles. The molecule has 0 aliphatic heterocycles. The topological polar surface area (TPSA) is 29.5 Å². The standard InChI is InChI=1S/C13H18INO2/c1-12(16)15(10-6-5-9-14)17-11-13-7-3-2-4-8-13/h2-4,7-8H,5-6,9-11H2,1H3. The Labute approximate surface area is 116 Å². The summed E-state index contributed by atoms with van der Waals surface area (Å²) >= 11 is 2.34. The molecule has 0 bridgehead atoms. The molecular formula is C13H18INO2. The zero-order valence-electron chi connectivity index (χ0n) is 10.1. The van der Waals surface area contributed by atoms with Crippen molar-refractivity contribution in [2.45, 2.75) is 26.4 Å². The van der Waals surface area contributed by atoms with Crippen LogP contribution in [0.4, 0.5) is 0 Å². The van der Waals surface area contributed by atoms with E-state index in [2.05, 4.69) is 22.6 Å². The Kier molecular flexibility index (Phi) is 7.19. The summed E-state index contributed by atoms with van der Waals surface area (Å²) in [6.45, 7) is 2.66. The lowest BCUT2D eigenvalue weighted by Gasteiger charge is -2.20. The number of halogens is 1. The Morgan fingerprint density at radius 3 is 2.59 bits per heavy atom. The molecule has 0 saturated heterocycles. The maximum Gasteiger partial charge on any atom is 0.243 e. The highest BCUT2D eigenvalue weighted by Crippen LogP contribution is 2.05. The Hall–Kier alpha value is -0.620. The average Bonchev–Trinajstić information content (AvgIpc) is 2.34. The highest BCUT2D eigenvalue weighted by Gasteiger charge is 2.08. The zero-order chi connectivity index (χ0) is 12.5. The Morgan fingerprint density at radius 1 is 1.29 bits per heavy atom. The first kappa shape index (κ1) is 14.4. The number of hydroxylamine groups is 2. The van der Waals surface area contributed by atoms with Crippen molar-refractivity contribution in [1.29, 1.82) is 0 Å². The molecule has 0 unspecified atom stereocenters. The molecule has 0 fully saturated rings. The molecule has 0 spiro atoms. The molecule has 94 valence electrons. The molecule has 0 aliphatic rings. The van der Waals surface area contributed by atoms with Gasteiger partial charge in [0.25, 0.3) is 0 Å². The van der Waals surface area contributed by atoms with E-state index in [1.807, 2.05) is 30.3 Å². The van der Waals surface area contributed by atoms with E-state index in [0.717, 1.165) is 22.8 Å². The number of nitrogens with zero attached hydrogens (tertiary/aromatic N) is 1. The second-order valence-corrected chi connectivity index (χ2v) is 4.85. The number of alkyl halides is 1. The van der Waals surface area contributed by atoms with E-state index in [-0.39, 0.29) is 5.91 Å². The first-order chi connectivity index (χ1) is 8.24. The third kappa shape index (κ3) is 6.02. The third-order valence-corrected chi connectivity index (χ3v) is 3.09. The molecule has 1 amide bonds. The fourth-order valence-corrected chi connectivity index (χ4v) is 1.93. The van der Waals surface area contributed by atoms with Crippen LogP contribution in [-0.2, 0) is 16.2 Å². The lowest BCUT2D eigenvalue weighted by atomic mass is 10.2. The molecule has 0 heterocycles. The van der Waals surface area contributed by atoms with Gasteiger partial charge in [0.15, 0.2) is 0 Å². The van der Waals surface area contributed by atoms with Crippen LogP contribution in [0.25, 0.3) is 0 Å². The minimum Gasteiger partial charge on any atom is -0.273 e. The smallest absolute Gasteiger partial charge is 0.243 e. The van der Waals surface area contributed by atoms with Crippen molar-refractivity contribution in [2.24, 2.45) is 0 Å². The minimum atomic E-state index is -0.0330. The molecule has 4 heteroatoms. The summed E-state index contributed by atoms with van der Waals surface area (Å²) < 4.78 is 1.11. The molecule has 3 nitrogen and oxygen atoms in total. The number of amides is 1. The number of hydrogen-bond acceptors (Lipinski definition) is 2. The number of hydrogen-bond donors (Lipinski definition) is 0. The normalized spacial score (nSPS) is 10.2. The van der Waals surface area contributed by atoms with Crippen LogP contribution in [0.2, 0.25) is 0 Å². The molecule has 0 atom stereocenters. The van der Waals surface area contributed by atoms with E-state index in [0.29, 0.717) is 13.2 Å². The van der Waals surface area contributed by atoms with Crippen LogP contribution >= 0.6 is 22.6 Å². The summed E-state index contributed by atoms with van der Waals surface area (Å²) in [5.41, 5.74) is 1.08. The Bertz CT molecular complexity index is 329. The van der Waals surface area contributed by atoms with Gasteiger partial charge in [0.1, 0.15) is 6.61 Å². The summed E-state index contributed by atoms with van der Waals surface area (Å²) in [6.07, 6.45) is 2.09. The van der Waals surface area contributed by atoms with Crippen molar-refractivity contribution in [3.8, 4) is 0 Å². The van der Waals surface area contributed by atoms with Crippen LogP contribution in [0, 0.1) is 0 Å². The van der Waals surface area contributed by atoms with Crippen LogP contribution in [0.3, 0.4) is 0 Å². The van der Waals surface area contributed by atoms with E-state index in [1.54, 1.807) is 0 Å². The van der Waals surface area contributed by atoms with E-state index >= 15 is 0 Å². The largest absolute Gasteiger partial charge is 0.273 e. The molecule has 1 aromatic carbocycles. The SMILES string of the molecule is CC(=O)N(CCCCI)OCc1ccccc1. The van der Waals surface area contributed by atoms with Crippen molar-refractivity contribution in [1.82, 2.24) is 5.06 Å². The highest BCUT2D eigenvalue weighted by molar-refractivity contribution is 14.1. The fraction of sp³-hybridized carbons (Fsp3) is 0.462. The number of rotatable bonds is 7. The first-order valence-corrected chi connectivity index (χ1v) is 7.27. The van der Waals surface area contributed by atoms with E-state index < -0.39 is 0 Å². The molecule has 0 radical (unpaired) electrons. The van der Waals surface area contributed by atoms with Gasteiger partial charge in [-0.1, -0.05) is 52.9 Å². The molecule has 0 aliphatic carbocycles. The molecule has 1 rings (SSSR count). The Morgan fingerprint density at radius 2 is 2.00 bits per heavy atom. The number of benzene rings is 1. The van der Waals surface area contributed by atoms with E-state index in [9.17, 15) is 4.79 Å². The van der Waals surface area contributed by atoms with Gasteiger partial charge in [0, 0.05) is 13.5 Å². The van der Waals surface area contributed by atoms with Gasteiger partial charge in [-0.2, -0.15) is 0 Å². The highest BCUT2D eigenvalue weighted by atomic mass is 127. The molecule has 0 aromatic heterocycles. The maximum absolute atomic E-state index is 11.4.